The molecule has 1 aromatic carbocycles. The minimum absolute atomic E-state index is 0.140. The molecule has 1 N–H and O–H groups in total. The number of amides is 1. The van der Waals surface area contributed by atoms with E-state index in [1.165, 1.54) is 6.07 Å². The predicted octanol–water partition coefficient (Wildman–Crippen LogP) is 3.21. The van der Waals surface area contributed by atoms with Crippen molar-refractivity contribution in [2.24, 2.45) is 0 Å². The Bertz CT molecular complexity index is 907. The SMILES string of the molecule is O=C(N[C@H]1CCCc2c1cnn2-c1ccccc1F)c1ccccn1. The molecule has 1 amide bonds. The Morgan fingerprint density at radius 2 is 2.04 bits per heavy atom. The summed E-state index contributed by atoms with van der Waals surface area (Å²) in [6.07, 6.45) is 5.86. The maximum absolute atomic E-state index is 14.1. The molecule has 1 aliphatic rings. The van der Waals surface area contributed by atoms with Gasteiger partial charge in [-0.15, -0.1) is 0 Å². The van der Waals surface area contributed by atoms with Crippen molar-refractivity contribution in [3.05, 3.63) is 77.6 Å². The van der Waals surface area contributed by atoms with E-state index in [4.69, 9.17) is 0 Å². The van der Waals surface area contributed by atoms with Gasteiger partial charge < -0.3 is 5.32 Å². The topological polar surface area (TPSA) is 59.8 Å². The molecule has 2 aromatic heterocycles. The van der Waals surface area contributed by atoms with Crippen LogP contribution in [0.5, 0.6) is 0 Å². The molecule has 0 radical (unpaired) electrons. The van der Waals surface area contributed by atoms with E-state index < -0.39 is 0 Å². The van der Waals surface area contributed by atoms with E-state index in [1.807, 2.05) is 0 Å². The molecule has 6 heteroatoms. The molecule has 0 saturated carbocycles. The van der Waals surface area contributed by atoms with Crippen LogP contribution in [0.1, 0.15) is 40.6 Å². The second-order valence-electron chi connectivity index (χ2n) is 6.04. The summed E-state index contributed by atoms with van der Waals surface area (Å²) in [4.78, 5) is 16.5. The van der Waals surface area contributed by atoms with Crippen LogP contribution in [0.15, 0.2) is 54.9 Å². The van der Waals surface area contributed by atoms with Crippen molar-refractivity contribution in [3.63, 3.8) is 0 Å². The molecule has 0 spiro atoms. The highest BCUT2D eigenvalue weighted by Gasteiger charge is 2.27. The lowest BCUT2D eigenvalue weighted by Crippen LogP contribution is -2.31. The number of aromatic nitrogens is 3. The number of benzene rings is 1. The average molecular weight is 336 g/mol. The van der Waals surface area contributed by atoms with Crippen molar-refractivity contribution < 1.29 is 9.18 Å². The Kier molecular flexibility index (Phi) is 4.01. The highest BCUT2D eigenvalue weighted by molar-refractivity contribution is 5.92. The van der Waals surface area contributed by atoms with Gasteiger partial charge in [0.1, 0.15) is 17.2 Å². The maximum Gasteiger partial charge on any atom is 0.270 e. The molecule has 0 saturated heterocycles. The van der Waals surface area contributed by atoms with Gasteiger partial charge in [0.2, 0.25) is 0 Å². The van der Waals surface area contributed by atoms with Gasteiger partial charge in [0.05, 0.1) is 12.2 Å². The first-order valence-electron chi connectivity index (χ1n) is 8.27. The van der Waals surface area contributed by atoms with Gasteiger partial charge in [0, 0.05) is 17.5 Å². The molecule has 0 aliphatic heterocycles. The van der Waals surface area contributed by atoms with Gasteiger partial charge in [-0.05, 0) is 43.5 Å². The zero-order valence-electron chi connectivity index (χ0n) is 13.5. The lowest BCUT2D eigenvalue weighted by atomic mass is 9.92. The molecule has 25 heavy (non-hydrogen) atoms. The van der Waals surface area contributed by atoms with E-state index in [1.54, 1.807) is 53.5 Å². The number of carbonyl (C=O) groups is 1. The van der Waals surface area contributed by atoms with Gasteiger partial charge in [-0.1, -0.05) is 18.2 Å². The van der Waals surface area contributed by atoms with Gasteiger partial charge >= 0.3 is 0 Å². The first kappa shape index (κ1) is 15.5. The van der Waals surface area contributed by atoms with Crippen LogP contribution in [0, 0.1) is 5.82 Å². The number of pyridine rings is 1. The summed E-state index contributed by atoms with van der Waals surface area (Å²) in [7, 11) is 0. The Labute approximate surface area is 144 Å². The van der Waals surface area contributed by atoms with Gasteiger partial charge in [-0.2, -0.15) is 5.10 Å². The number of rotatable bonds is 3. The second-order valence-corrected chi connectivity index (χ2v) is 6.04. The first-order chi connectivity index (χ1) is 12.2. The highest BCUT2D eigenvalue weighted by Crippen LogP contribution is 2.31. The standard InChI is InChI=1S/C19H17FN4O/c20-14-6-1-2-9-18(14)24-17-10-5-8-15(13(17)12-22-24)23-19(25)16-7-3-4-11-21-16/h1-4,6-7,9,11-12,15H,5,8,10H2,(H,23,25)/t15-/m0/s1. The zero-order chi connectivity index (χ0) is 17.2. The van der Waals surface area contributed by atoms with Crippen molar-refractivity contribution >= 4 is 5.91 Å². The van der Waals surface area contributed by atoms with E-state index in [0.29, 0.717) is 11.4 Å². The maximum atomic E-state index is 14.1. The lowest BCUT2D eigenvalue weighted by Gasteiger charge is -2.24. The van der Waals surface area contributed by atoms with Crippen molar-refractivity contribution in [2.75, 3.05) is 0 Å². The van der Waals surface area contributed by atoms with Gasteiger partial charge in [0.15, 0.2) is 0 Å². The van der Waals surface area contributed by atoms with E-state index >= 15 is 0 Å². The Morgan fingerprint density at radius 3 is 2.84 bits per heavy atom. The Balaban J connectivity index is 1.63. The normalized spacial score (nSPS) is 16.3. The minimum Gasteiger partial charge on any atom is -0.344 e. The molecule has 2 heterocycles. The minimum atomic E-state index is -0.312. The third kappa shape index (κ3) is 2.91. The molecule has 126 valence electrons. The van der Waals surface area contributed by atoms with Crippen LogP contribution >= 0.6 is 0 Å². The number of halogens is 1. The van der Waals surface area contributed by atoms with Crippen LogP contribution in [0.3, 0.4) is 0 Å². The molecular weight excluding hydrogens is 319 g/mol. The fourth-order valence-corrected chi connectivity index (χ4v) is 3.27. The van der Waals surface area contributed by atoms with Crippen molar-refractivity contribution in [1.29, 1.82) is 0 Å². The summed E-state index contributed by atoms with van der Waals surface area (Å²) in [5, 5.41) is 7.39. The van der Waals surface area contributed by atoms with Crippen LogP contribution in [-0.4, -0.2) is 20.7 Å². The van der Waals surface area contributed by atoms with Crippen LogP contribution in [0.2, 0.25) is 0 Å². The molecule has 0 unspecified atom stereocenters. The monoisotopic (exact) mass is 336 g/mol. The number of hydrogen-bond acceptors (Lipinski definition) is 3. The fourth-order valence-electron chi connectivity index (χ4n) is 3.27. The molecule has 5 nitrogen and oxygen atoms in total. The summed E-state index contributed by atoms with van der Waals surface area (Å²) in [6, 6.07) is 11.7. The zero-order valence-corrected chi connectivity index (χ0v) is 13.5. The molecule has 1 atom stereocenters. The van der Waals surface area contributed by atoms with Crippen molar-refractivity contribution in [3.8, 4) is 5.69 Å². The first-order valence-corrected chi connectivity index (χ1v) is 8.27. The number of hydrogen-bond donors (Lipinski definition) is 1. The largest absolute Gasteiger partial charge is 0.344 e. The molecule has 0 bridgehead atoms. The summed E-state index contributed by atoms with van der Waals surface area (Å²) < 4.78 is 15.8. The van der Waals surface area contributed by atoms with E-state index in [2.05, 4.69) is 15.4 Å². The number of carbonyl (C=O) groups excluding carboxylic acids is 1. The predicted molar refractivity (Wildman–Crippen MR) is 90.9 cm³/mol. The highest BCUT2D eigenvalue weighted by atomic mass is 19.1. The van der Waals surface area contributed by atoms with Crippen molar-refractivity contribution in [1.82, 2.24) is 20.1 Å². The molecule has 3 aromatic rings. The van der Waals surface area contributed by atoms with Crippen LogP contribution in [0.4, 0.5) is 4.39 Å². The smallest absolute Gasteiger partial charge is 0.270 e. The number of fused-ring (bicyclic) bond motifs is 1. The molecule has 0 fully saturated rings. The average Bonchev–Trinajstić information content (AvgIpc) is 3.08. The van der Waals surface area contributed by atoms with E-state index in [0.717, 1.165) is 30.5 Å². The van der Waals surface area contributed by atoms with Gasteiger partial charge in [-0.3, -0.25) is 9.78 Å². The summed E-state index contributed by atoms with van der Waals surface area (Å²) in [5.74, 6) is -0.523. The van der Waals surface area contributed by atoms with Crippen LogP contribution < -0.4 is 5.32 Å². The third-order valence-electron chi connectivity index (χ3n) is 4.47. The summed E-state index contributed by atoms with van der Waals surface area (Å²) in [5.41, 5.74) is 2.71. The fraction of sp³-hybridized carbons (Fsp3) is 0.211. The second kappa shape index (κ2) is 6.47. The van der Waals surface area contributed by atoms with E-state index in [9.17, 15) is 9.18 Å². The van der Waals surface area contributed by atoms with Crippen LogP contribution in [-0.2, 0) is 6.42 Å². The summed E-state index contributed by atoms with van der Waals surface area (Å²) in [6.45, 7) is 0. The number of para-hydroxylation sites is 1. The van der Waals surface area contributed by atoms with Crippen molar-refractivity contribution in [2.45, 2.75) is 25.3 Å². The van der Waals surface area contributed by atoms with Crippen LogP contribution in [0.25, 0.3) is 5.69 Å². The van der Waals surface area contributed by atoms with Gasteiger partial charge in [0.25, 0.3) is 5.91 Å². The Morgan fingerprint density at radius 1 is 1.20 bits per heavy atom. The number of nitrogens with zero attached hydrogens (tertiary/aromatic N) is 3. The number of nitrogens with one attached hydrogen (secondary N) is 1. The Hall–Kier alpha value is -3.02. The molecule has 4 rings (SSSR count). The molecule has 1 aliphatic carbocycles. The van der Waals surface area contributed by atoms with E-state index in [-0.39, 0.29) is 17.8 Å². The lowest BCUT2D eigenvalue weighted by molar-refractivity contribution is 0.0927. The quantitative estimate of drug-likeness (QED) is 0.799. The third-order valence-corrected chi connectivity index (χ3v) is 4.47. The molecular formula is C19H17FN4O. The summed E-state index contributed by atoms with van der Waals surface area (Å²) >= 11 is 0. The van der Waals surface area contributed by atoms with Gasteiger partial charge in [-0.25, -0.2) is 9.07 Å².